The van der Waals surface area contributed by atoms with Crippen molar-refractivity contribution in [1.82, 2.24) is 9.97 Å². The molecule has 228 valence electrons. The molecule has 0 aliphatic heterocycles. The van der Waals surface area contributed by atoms with Crippen LogP contribution in [0.25, 0.3) is 22.5 Å². The van der Waals surface area contributed by atoms with Crippen LogP contribution in [0.4, 0.5) is 13.2 Å². The molecule has 0 aliphatic rings. The Bertz CT molecular complexity index is 1230. The smallest absolute Gasteiger partial charge is 0.348 e. The molecule has 0 aliphatic carbocycles. The number of hydrogen-bond donors (Lipinski definition) is 0. The molecule has 42 heavy (non-hydrogen) atoms. The number of benzene rings is 2. The highest BCUT2D eigenvalue weighted by Gasteiger charge is 2.34. The van der Waals surface area contributed by atoms with Crippen LogP contribution in [0, 0.1) is 0 Å². The summed E-state index contributed by atoms with van der Waals surface area (Å²) in [5.41, 5.74) is 0.0359. The fraction of sp³-hybridized carbons (Fsp3) is 0.500. The van der Waals surface area contributed by atoms with Gasteiger partial charge in [0.2, 0.25) is 5.67 Å². The molecule has 0 spiro atoms. The first-order valence-corrected chi connectivity index (χ1v) is 15.0. The molecule has 3 aromatic rings. The molecule has 4 unspecified atom stereocenters. The summed E-state index contributed by atoms with van der Waals surface area (Å²) in [5, 5.41) is 0. The van der Waals surface area contributed by atoms with Gasteiger partial charge in [-0.1, -0.05) is 70.2 Å². The first kappa shape index (κ1) is 33.1. The molecule has 8 heteroatoms. The minimum atomic E-state index is -2.04. The van der Waals surface area contributed by atoms with Crippen molar-refractivity contribution in [2.45, 2.75) is 110 Å². The third kappa shape index (κ3) is 9.57. The second-order valence-corrected chi connectivity index (χ2v) is 11.0. The monoisotopic (exact) mass is 584 g/mol. The molecule has 0 bridgehead atoms. The topological polar surface area (TPSA) is 61.3 Å². The Morgan fingerprint density at radius 2 is 1.52 bits per heavy atom. The molecule has 1 aromatic heterocycles. The van der Waals surface area contributed by atoms with E-state index >= 15 is 0 Å². The van der Waals surface area contributed by atoms with E-state index in [4.69, 9.17) is 9.47 Å². The second kappa shape index (κ2) is 16.3. The van der Waals surface area contributed by atoms with Crippen LogP contribution in [0.3, 0.4) is 0 Å². The van der Waals surface area contributed by atoms with Crippen molar-refractivity contribution in [2.75, 3.05) is 0 Å². The fourth-order valence-corrected chi connectivity index (χ4v) is 4.62. The summed E-state index contributed by atoms with van der Waals surface area (Å²) in [6.07, 6.45) is 5.73. The third-order valence-corrected chi connectivity index (χ3v) is 7.27. The maximum absolute atomic E-state index is 14.8. The predicted octanol–water partition coefficient (Wildman–Crippen LogP) is 9.44. The maximum Gasteiger partial charge on any atom is 0.348 e. The number of esters is 1. The molecule has 4 atom stereocenters. The average Bonchev–Trinajstić information content (AvgIpc) is 2.99. The minimum Gasteiger partial charge on any atom is -0.487 e. The van der Waals surface area contributed by atoms with Crippen molar-refractivity contribution in [3.05, 3.63) is 60.9 Å². The second-order valence-electron chi connectivity index (χ2n) is 11.0. The van der Waals surface area contributed by atoms with Crippen LogP contribution in [0.15, 0.2) is 60.9 Å². The van der Waals surface area contributed by atoms with Gasteiger partial charge in [0.25, 0.3) is 0 Å². The van der Waals surface area contributed by atoms with Crippen molar-refractivity contribution in [1.29, 1.82) is 0 Å². The Labute approximate surface area is 247 Å². The molecule has 0 amide bonds. The third-order valence-electron chi connectivity index (χ3n) is 7.27. The number of para-hydroxylation sites is 1. The number of unbranched alkanes of at least 4 members (excludes halogenated alkanes) is 5. The normalized spacial score (nSPS) is 14.9. The minimum absolute atomic E-state index is 0.124. The Morgan fingerprint density at radius 3 is 2.17 bits per heavy atom. The van der Waals surface area contributed by atoms with Crippen molar-refractivity contribution in [2.24, 2.45) is 0 Å². The highest BCUT2D eigenvalue weighted by Crippen LogP contribution is 2.32. The van der Waals surface area contributed by atoms with E-state index in [1.807, 2.05) is 13.0 Å². The lowest BCUT2D eigenvalue weighted by Gasteiger charge is -2.24. The van der Waals surface area contributed by atoms with E-state index in [0.717, 1.165) is 44.1 Å². The van der Waals surface area contributed by atoms with Gasteiger partial charge >= 0.3 is 5.97 Å². The molecule has 0 saturated carbocycles. The van der Waals surface area contributed by atoms with E-state index in [0.29, 0.717) is 35.5 Å². The summed E-state index contributed by atoms with van der Waals surface area (Å²) >= 11 is 0. The van der Waals surface area contributed by atoms with Gasteiger partial charge < -0.3 is 9.47 Å². The number of nitrogens with zero attached hydrogens (tertiary/aromatic N) is 2. The summed E-state index contributed by atoms with van der Waals surface area (Å²) in [4.78, 5) is 21.3. The summed E-state index contributed by atoms with van der Waals surface area (Å²) in [6.45, 7) is 6.59. The molecule has 0 saturated heterocycles. The molecule has 0 radical (unpaired) electrons. The molecule has 3 rings (SSSR count). The summed E-state index contributed by atoms with van der Waals surface area (Å²) < 4.78 is 54.8. The molecule has 0 N–H and O–H groups in total. The van der Waals surface area contributed by atoms with Crippen LogP contribution < -0.4 is 9.47 Å². The van der Waals surface area contributed by atoms with Crippen molar-refractivity contribution >= 4 is 5.97 Å². The van der Waals surface area contributed by atoms with Crippen LogP contribution in [-0.4, -0.2) is 40.1 Å². The van der Waals surface area contributed by atoms with Gasteiger partial charge in [0, 0.05) is 18.0 Å². The van der Waals surface area contributed by atoms with Crippen LogP contribution in [-0.2, 0) is 4.79 Å². The largest absolute Gasteiger partial charge is 0.487 e. The molecule has 5 nitrogen and oxygen atoms in total. The number of carbonyl (C=O) groups excluding carboxylic acids is 1. The van der Waals surface area contributed by atoms with Crippen molar-refractivity contribution in [3.8, 4) is 34.0 Å². The quantitative estimate of drug-likeness (QED) is 0.0898. The standard InChI is InChI=1S/C34H43F3N2O3/c1-5-7-9-10-16-30(31(36)24(3)35)42-29-15-12-11-14-28(29)32-38-22-26(23-39-32)25-17-19-27(20-18-25)41-33(40)34(4,37)21-13-8-6-2/h11-12,14-15,17-20,22-24,30-31H,5-10,13,16,21H2,1-4H3. The van der Waals surface area contributed by atoms with Gasteiger partial charge in [-0.25, -0.2) is 27.9 Å². The molecule has 0 fully saturated rings. The van der Waals surface area contributed by atoms with Gasteiger partial charge in [-0.05, 0) is 69.4 Å². The number of hydrogen-bond acceptors (Lipinski definition) is 5. The highest BCUT2D eigenvalue weighted by atomic mass is 19.2. The highest BCUT2D eigenvalue weighted by molar-refractivity contribution is 5.81. The lowest BCUT2D eigenvalue weighted by atomic mass is 10.0. The fourth-order valence-electron chi connectivity index (χ4n) is 4.62. The number of ether oxygens (including phenoxy) is 2. The van der Waals surface area contributed by atoms with Crippen LogP contribution >= 0.6 is 0 Å². The molecule has 2 aromatic carbocycles. The van der Waals surface area contributed by atoms with Crippen LogP contribution in [0.1, 0.15) is 85.5 Å². The van der Waals surface area contributed by atoms with Crippen LogP contribution in [0.5, 0.6) is 11.5 Å². The Hall–Kier alpha value is -3.42. The number of aromatic nitrogens is 2. The Kier molecular flexibility index (Phi) is 12.8. The van der Waals surface area contributed by atoms with E-state index in [-0.39, 0.29) is 12.2 Å². The number of carbonyl (C=O) groups is 1. The summed E-state index contributed by atoms with van der Waals surface area (Å²) in [5.74, 6) is 0.140. The van der Waals surface area contributed by atoms with Gasteiger partial charge in [-0.15, -0.1) is 0 Å². The van der Waals surface area contributed by atoms with E-state index < -0.39 is 30.1 Å². The lowest BCUT2D eigenvalue weighted by Crippen LogP contribution is -2.34. The lowest BCUT2D eigenvalue weighted by molar-refractivity contribution is -0.147. The zero-order chi connectivity index (χ0) is 30.5. The first-order valence-electron chi connectivity index (χ1n) is 15.0. The van der Waals surface area contributed by atoms with Crippen LogP contribution in [0.2, 0.25) is 0 Å². The van der Waals surface area contributed by atoms with E-state index in [2.05, 4.69) is 16.9 Å². The molecular formula is C34H43F3N2O3. The maximum atomic E-state index is 14.8. The number of halogens is 3. The van der Waals surface area contributed by atoms with Gasteiger partial charge in [0.15, 0.2) is 12.0 Å². The Balaban J connectivity index is 1.71. The van der Waals surface area contributed by atoms with E-state index in [1.54, 1.807) is 54.9 Å². The summed E-state index contributed by atoms with van der Waals surface area (Å²) in [6, 6.07) is 13.8. The number of alkyl halides is 3. The van der Waals surface area contributed by atoms with Gasteiger partial charge in [0.05, 0.1) is 5.56 Å². The average molecular weight is 585 g/mol. The van der Waals surface area contributed by atoms with Crippen molar-refractivity contribution in [3.63, 3.8) is 0 Å². The predicted molar refractivity (Wildman–Crippen MR) is 161 cm³/mol. The van der Waals surface area contributed by atoms with Crippen molar-refractivity contribution < 1.29 is 27.4 Å². The van der Waals surface area contributed by atoms with E-state index in [1.165, 1.54) is 13.8 Å². The SMILES string of the molecule is CCCCCCC(Oc1ccccc1-c1ncc(-c2ccc(OC(=O)C(C)(F)CCCCC)cc2)cn1)C(F)C(C)F. The van der Waals surface area contributed by atoms with E-state index in [9.17, 15) is 18.0 Å². The Morgan fingerprint density at radius 1 is 0.881 bits per heavy atom. The van der Waals surface area contributed by atoms with Gasteiger partial charge in [0.1, 0.15) is 23.8 Å². The zero-order valence-corrected chi connectivity index (χ0v) is 25.1. The van der Waals surface area contributed by atoms with Gasteiger partial charge in [-0.3, -0.25) is 0 Å². The molecule has 1 heterocycles. The summed E-state index contributed by atoms with van der Waals surface area (Å²) in [7, 11) is 0. The first-order chi connectivity index (χ1) is 20.2. The number of rotatable bonds is 17. The van der Waals surface area contributed by atoms with Gasteiger partial charge in [-0.2, -0.15) is 0 Å². The molecular weight excluding hydrogens is 541 g/mol. The zero-order valence-electron chi connectivity index (χ0n) is 25.1.